The summed E-state index contributed by atoms with van der Waals surface area (Å²) in [7, 11) is 3.16. The topological polar surface area (TPSA) is 78.0 Å². The van der Waals surface area contributed by atoms with Crippen molar-refractivity contribution in [2.24, 2.45) is 5.92 Å². The molecule has 0 spiro atoms. The molecule has 0 radical (unpaired) electrons. The molecule has 9 heteroatoms. The number of alkyl halides is 1. The van der Waals surface area contributed by atoms with Gasteiger partial charge in [0.15, 0.2) is 16.7 Å². The molecule has 4 atom stereocenters. The summed E-state index contributed by atoms with van der Waals surface area (Å²) in [4.78, 5) is 35.2. The average molecular weight is 533 g/mol. The largest absolute Gasteiger partial charge is 0.497 e. The molecule has 4 unspecified atom stereocenters. The Kier molecular flexibility index (Phi) is 5.73. The molecule has 0 bridgehead atoms. The number of carbonyl (C=O) groups is 2. The molecule has 174 valence electrons. The zero-order chi connectivity index (χ0) is 23.4. The number of nitrogens with zero attached hydrogens (tertiary/aromatic N) is 2. The van der Waals surface area contributed by atoms with Crippen molar-refractivity contribution in [3.05, 3.63) is 45.7 Å². The molecule has 0 N–H and O–H groups in total. The molecule has 1 saturated carbocycles. The van der Waals surface area contributed by atoms with Crippen molar-refractivity contribution in [1.82, 2.24) is 4.98 Å². The number of carbonyl (C=O) groups excluding carboxylic acids is 2. The van der Waals surface area contributed by atoms with Gasteiger partial charge in [-0.15, -0.1) is 11.3 Å². The van der Waals surface area contributed by atoms with Crippen LogP contribution in [-0.4, -0.2) is 41.8 Å². The highest BCUT2D eigenvalue weighted by Crippen LogP contribution is 2.51. The second kappa shape index (κ2) is 8.43. The van der Waals surface area contributed by atoms with Crippen molar-refractivity contribution in [1.29, 1.82) is 0 Å². The number of Topliss-reactive ketones (excluding diaryl/α,β-unsaturated/α-hetero) is 1. The molecular weight excluding hydrogens is 508 g/mol. The Morgan fingerprint density at radius 1 is 1.18 bits per heavy atom. The number of ketones is 1. The van der Waals surface area contributed by atoms with Crippen LogP contribution in [0, 0.1) is 19.8 Å². The predicted molar refractivity (Wildman–Crippen MR) is 128 cm³/mol. The fourth-order valence-corrected chi connectivity index (χ4v) is 6.52. The van der Waals surface area contributed by atoms with Gasteiger partial charge in [0.1, 0.15) is 23.6 Å². The van der Waals surface area contributed by atoms with Crippen LogP contribution in [0.3, 0.4) is 0 Å². The molecule has 5 rings (SSSR count). The van der Waals surface area contributed by atoms with Gasteiger partial charge in [-0.3, -0.25) is 14.5 Å². The normalized spacial score (nSPS) is 26.8. The van der Waals surface area contributed by atoms with Crippen LogP contribution in [-0.2, 0) is 14.3 Å². The molecule has 2 aromatic rings. The summed E-state index contributed by atoms with van der Waals surface area (Å²) in [5.41, 5.74) is 1.91. The number of rotatable bonds is 4. The first-order valence-corrected chi connectivity index (χ1v) is 12.7. The van der Waals surface area contributed by atoms with E-state index < -0.39 is 6.04 Å². The number of ether oxygens (including phenoxy) is 3. The SMILES string of the molecule is COc1ccc(OC)c(C2C3=C(OC4CCC(Br)CC4C3=O)C(=O)N2c2nc(C)c(C)s2)c1. The maximum absolute atomic E-state index is 13.9. The molecule has 3 heterocycles. The quantitative estimate of drug-likeness (QED) is 0.533. The number of methoxy groups -OCH3 is 2. The van der Waals surface area contributed by atoms with E-state index in [2.05, 4.69) is 20.9 Å². The third-order valence-corrected chi connectivity index (χ3v) is 8.64. The van der Waals surface area contributed by atoms with Crippen molar-refractivity contribution >= 4 is 44.1 Å². The zero-order valence-electron chi connectivity index (χ0n) is 18.9. The number of aromatic nitrogens is 1. The maximum atomic E-state index is 13.9. The highest BCUT2D eigenvalue weighted by molar-refractivity contribution is 9.09. The molecule has 1 fully saturated rings. The molecule has 1 amide bonds. The number of hydrogen-bond donors (Lipinski definition) is 0. The summed E-state index contributed by atoms with van der Waals surface area (Å²) in [5.74, 6) is 0.680. The lowest BCUT2D eigenvalue weighted by Gasteiger charge is -2.37. The molecule has 1 aromatic carbocycles. The smallest absolute Gasteiger partial charge is 0.296 e. The first-order chi connectivity index (χ1) is 15.8. The van der Waals surface area contributed by atoms with Crippen LogP contribution in [0.25, 0.3) is 0 Å². The highest BCUT2D eigenvalue weighted by atomic mass is 79.9. The van der Waals surface area contributed by atoms with Crippen molar-refractivity contribution in [3.8, 4) is 11.5 Å². The lowest BCUT2D eigenvalue weighted by molar-refractivity contribution is -0.131. The summed E-state index contributed by atoms with van der Waals surface area (Å²) in [6, 6.07) is 4.70. The molecule has 1 aromatic heterocycles. The molecule has 3 aliphatic rings. The predicted octanol–water partition coefficient (Wildman–Crippen LogP) is 4.65. The number of fused-ring (bicyclic) bond motifs is 1. The summed E-state index contributed by atoms with van der Waals surface area (Å²) in [5, 5.41) is 0.539. The standard InChI is InChI=1S/C24H25BrN2O5S/c1-11-12(2)33-24(26-11)27-20(15-10-14(30-3)6-8-17(15)31-4)19-21(28)16-9-13(25)5-7-18(16)32-22(19)23(27)29/h6,8,10,13,16,18,20H,5,7,9H2,1-4H3. The highest BCUT2D eigenvalue weighted by Gasteiger charge is 2.54. The molecule has 1 aliphatic carbocycles. The van der Waals surface area contributed by atoms with Gasteiger partial charge >= 0.3 is 0 Å². The van der Waals surface area contributed by atoms with E-state index in [0.29, 0.717) is 34.2 Å². The van der Waals surface area contributed by atoms with Crippen LogP contribution < -0.4 is 14.4 Å². The first kappa shape index (κ1) is 22.4. The Labute approximate surface area is 204 Å². The Morgan fingerprint density at radius 2 is 1.97 bits per heavy atom. The van der Waals surface area contributed by atoms with Crippen LogP contribution >= 0.6 is 27.3 Å². The summed E-state index contributed by atoms with van der Waals surface area (Å²) < 4.78 is 17.4. The van der Waals surface area contributed by atoms with E-state index >= 15 is 0 Å². The van der Waals surface area contributed by atoms with Gasteiger partial charge in [-0.05, 0) is 51.3 Å². The third-order valence-electron chi connectivity index (χ3n) is 6.74. The lowest BCUT2D eigenvalue weighted by Crippen LogP contribution is -2.41. The van der Waals surface area contributed by atoms with Crippen molar-refractivity contribution in [2.75, 3.05) is 19.1 Å². The summed E-state index contributed by atoms with van der Waals surface area (Å²) >= 11 is 5.11. The van der Waals surface area contributed by atoms with Crippen molar-refractivity contribution < 1.29 is 23.8 Å². The van der Waals surface area contributed by atoms with E-state index in [1.54, 1.807) is 31.3 Å². The average Bonchev–Trinajstić information content (AvgIpc) is 3.29. The molecular formula is C24H25BrN2O5S. The van der Waals surface area contributed by atoms with Gasteiger partial charge in [-0.1, -0.05) is 15.9 Å². The number of aryl methyl sites for hydroxylation is 2. The minimum absolute atomic E-state index is 0.0267. The van der Waals surface area contributed by atoms with Crippen LogP contribution in [0.2, 0.25) is 0 Å². The van der Waals surface area contributed by atoms with Crippen molar-refractivity contribution in [2.45, 2.75) is 50.1 Å². The van der Waals surface area contributed by atoms with Crippen LogP contribution in [0.1, 0.15) is 41.4 Å². The van der Waals surface area contributed by atoms with Gasteiger partial charge in [-0.25, -0.2) is 4.98 Å². The van der Waals surface area contributed by atoms with E-state index in [9.17, 15) is 9.59 Å². The fraction of sp³-hybridized carbons (Fsp3) is 0.458. The number of hydrogen-bond acceptors (Lipinski definition) is 7. The Balaban J connectivity index is 1.70. The van der Waals surface area contributed by atoms with Crippen LogP contribution in [0.15, 0.2) is 29.5 Å². The van der Waals surface area contributed by atoms with Gasteiger partial charge in [0.05, 0.1) is 31.4 Å². The molecule has 0 saturated heterocycles. The van der Waals surface area contributed by atoms with E-state index in [4.69, 9.17) is 14.2 Å². The van der Waals surface area contributed by atoms with Crippen LogP contribution in [0.4, 0.5) is 5.13 Å². The first-order valence-electron chi connectivity index (χ1n) is 10.9. The number of amides is 1. The summed E-state index contributed by atoms with van der Waals surface area (Å²) in [6.45, 7) is 3.88. The monoisotopic (exact) mass is 532 g/mol. The number of halogens is 1. The lowest BCUT2D eigenvalue weighted by atomic mass is 9.77. The minimum Gasteiger partial charge on any atom is -0.497 e. The summed E-state index contributed by atoms with van der Waals surface area (Å²) in [6.07, 6.45) is 2.05. The van der Waals surface area contributed by atoms with Crippen LogP contribution in [0.5, 0.6) is 11.5 Å². The van der Waals surface area contributed by atoms with E-state index in [1.807, 2.05) is 19.9 Å². The maximum Gasteiger partial charge on any atom is 0.296 e. The van der Waals surface area contributed by atoms with E-state index in [1.165, 1.54) is 11.3 Å². The third kappa shape index (κ3) is 3.56. The van der Waals surface area contributed by atoms with Gasteiger partial charge < -0.3 is 14.2 Å². The Hall–Kier alpha value is -2.39. The minimum atomic E-state index is -0.702. The number of anilines is 1. The Bertz CT molecular complexity index is 1160. The van der Waals surface area contributed by atoms with Gasteiger partial charge in [0.25, 0.3) is 5.91 Å². The second-order valence-electron chi connectivity index (χ2n) is 8.60. The fourth-order valence-electron chi connectivity index (χ4n) is 4.92. The van der Waals surface area contributed by atoms with Gasteiger partial charge in [0.2, 0.25) is 0 Å². The van der Waals surface area contributed by atoms with Crippen molar-refractivity contribution in [3.63, 3.8) is 0 Å². The number of thiazole rings is 1. The van der Waals surface area contributed by atoms with Gasteiger partial charge in [-0.2, -0.15) is 0 Å². The molecule has 2 aliphatic heterocycles. The Morgan fingerprint density at radius 3 is 2.64 bits per heavy atom. The van der Waals surface area contributed by atoms with E-state index in [0.717, 1.165) is 23.4 Å². The molecule has 33 heavy (non-hydrogen) atoms. The van der Waals surface area contributed by atoms with Gasteiger partial charge in [0, 0.05) is 15.3 Å². The van der Waals surface area contributed by atoms with E-state index in [-0.39, 0.29) is 34.3 Å². The molecule has 7 nitrogen and oxygen atoms in total. The zero-order valence-corrected chi connectivity index (χ0v) is 21.3. The number of benzene rings is 1. The second-order valence-corrected chi connectivity index (χ2v) is 11.1.